The highest BCUT2D eigenvalue weighted by molar-refractivity contribution is 5.82. The smallest absolute Gasteiger partial charge is 0.237 e. The van der Waals surface area contributed by atoms with Gasteiger partial charge < -0.3 is 15.7 Å². The maximum atomic E-state index is 12.0. The van der Waals surface area contributed by atoms with Gasteiger partial charge in [0.1, 0.15) is 0 Å². The molecule has 0 aromatic rings. The van der Waals surface area contributed by atoms with E-state index in [0.717, 1.165) is 38.6 Å². The minimum Gasteiger partial charge on any atom is -0.393 e. The molecule has 1 saturated heterocycles. The second-order valence-corrected chi connectivity index (χ2v) is 5.57. The number of aliphatic hydroxyl groups excluding tert-OH is 1. The molecule has 4 heteroatoms. The summed E-state index contributed by atoms with van der Waals surface area (Å²) in [7, 11) is 0. The first kappa shape index (κ1) is 12.8. The zero-order valence-corrected chi connectivity index (χ0v) is 10.6. The minimum atomic E-state index is -0.184. The summed E-state index contributed by atoms with van der Waals surface area (Å²) in [5.41, 5.74) is 0. The Morgan fingerprint density at radius 1 is 1.29 bits per heavy atom. The van der Waals surface area contributed by atoms with Gasteiger partial charge in [-0.15, -0.1) is 0 Å². The van der Waals surface area contributed by atoms with Gasteiger partial charge in [0.25, 0.3) is 0 Å². The molecule has 2 aliphatic rings. The molecular formula is C13H24N2O2. The number of nitrogens with one attached hydrogen (secondary N) is 2. The second kappa shape index (κ2) is 5.83. The van der Waals surface area contributed by atoms with E-state index in [1.54, 1.807) is 0 Å². The van der Waals surface area contributed by atoms with E-state index < -0.39 is 0 Å². The molecule has 2 fully saturated rings. The van der Waals surface area contributed by atoms with E-state index >= 15 is 0 Å². The van der Waals surface area contributed by atoms with E-state index in [1.165, 1.54) is 6.42 Å². The highest BCUT2D eigenvalue weighted by Crippen LogP contribution is 2.24. The van der Waals surface area contributed by atoms with E-state index in [2.05, 4.69) is 17.6 Å². The van der Waals surface area contributed by atoms with Crippen molar-refractivity contribution in [1.29, 1.82) is 0 Å². The molecule has 0 spiro atoms. The molecule has 4 atom stereocenters. The average Bonchev–Trinajstić information content (AvgIpc) is 2.35. The number of amides is 1. The summed E-state index contributed by atoms with van der Waals surface area (Å²) in [6.45, 7) is 3.01. The van der Waals surface area contributed by atoms with Gasteiger partial charge in [-0.25, -0.2) is 0 Å². The van der Waals surface area contributed by atoms with Crippen LogP contribution >= 0.6 is 0 Å². The van der Waals surface area contributed by atoms with Crippen molar-refractivity contribution in [1.82, 2.24) is 10.6 Å². The van der Waals surface area contributed by atoms with Crippen molar-refractivity contribution in [2.75, 3.05) is 6.54 Å². The third-order valence-electron chi connectivity index (χ3n) is 4.10. The quantitative estimate of drug-likeness (QED) is 0.669. The van der Waals surface area contributed by atoms with Crippen LogP contribution in [0.25, 0.3) is 0 Å². The van der Waals surface area contributed by atoms with Crippen molar-refractivity contribution in [2.45, 2.75) is 63.6 Å². The van der Waals surface area contributed by atoms with E-state index in [9.17, 15) is 9.90 Å². The number of aliphatic hydroxyl groups is 1. The standard InChI is InChI=1S/C13H24N2O2/c1-9-8-10(5-6-12(9)16)15-13(17)11-4-2-3-7-14-11/h9-12,14,16H,2-8H2,1H3,(H,15,17)/t9-,10+,11+,12-/m0/s1. The maximum absolute atomic E-state index is 12.0. The van der Waals surface area contributed by atoms with Crippen molar-refractivity contribution in [3.05, 3.63) is 0 Å². The zero-order chi connectivity index (χ0) is 12.3. The largest absolute Gasteiger partial charge is 0.393 e. The molecule has 0 bridgehead atoms. The van der Waals surface area contributed by atoms with Gasteiger partial charge in [0.15, 0.2) is 0 Å². The van der Waals surface area contributed by atoms with Crippen LogP contribution in [0.3, 0.4) is 0 Å². The first-order valence-corrected chi connectivity index (χ1v) is 6.88. The Kier molecular flexibility index (Phi) is 4.40. The monoisotopic (exact) mass is 240 g/mol. The number of carbonyl (C=O) groups excluding carboxylic acids is 1. The van der Waals surface area contributed by atoms with Crippen molar-refractivity contribution < 1.29 is 9.90 Å². The summed E-state index contributed by atoms with van der Waals surface area (Å²) < 4.78 is 0. The number of piperidine rings is 1. The molecule has 17 heavy (non-hydrogen) atoms. The Morgan fingerprint density at radius 2 is 2.12 bits per heavy atom. The third-order valence-corrected chi connectivity index (χ3v) is 4.10. The van der Waals surface area contributed by atoms with E-state index in [1.807, 2.05) is 0 Å². The summed E-state index contributed by atoms with van der Waals surface area (Å²) in [6, 6.07) is 0.260. The molecule has 0 unspecified atom stereocenters. The van der Waals surface area contributed by atoms with Gasteiger partial charge in [-0.1, -0.05) is 13.3 Å². The molecule has 1 amide bonds. The first-order chi connectivity index (χ1) is 8.16. The van der Waals surface area contributed by atoms with Crippen LogP contribution in [0.15, 0.2) is 0 Å². The van der Waals surface area contributed by atoms with Gasteiger partial charge in [-0.3, -0.25) is 4.79 Å². The molecule has 1 saturated carbocycles. The molecule has 98 valence electrons. The molecule has 2 rings (SSSR count). The Balaban J connectivity index is 1.78. The van der Waals surface area contributed by atoms with Gasteiger partial charge in [0.2, 0.25) is 5.91 Å². The molecule has 1 aliphatic heterocycles. The van der Waals surface area contributed by atoms with Gasteiger partial charge in [0.05, 0.1) is 12.1 Å². The Labute approximate surface area is 103 Å². The molecule has 4 nitrogen and oxygen atoms in total. The highest BCUT2D eigenvalue weighted by Gasteiger charge is 2.29. The third kappa shape index (κ3) is 3.42. The molecule has 1 heterocycles. The minimum absolute atomic E-state index is 0.00547. The van der Waals surface area contributed by atoms with Crippen molar-refractivity contribution in [3.63, 3.8) is 0 Å². The van der Waals surface area contributed by atoms with Crippen molar-refractivity contribution in [3.8, 4) is 0 Å². The topological polar surface area (TPSA) is 61.4 Å². The maximum Gasteiger partial charge on any atom is 0.237 e. The van der Waals surface area contributed by atoms with Crippen molar-refractivity contribution in [2.24, 2.45) is 5.92 Å². The lowest BCUT2D eigenvalue weighted by molar-refractivity contribution is -0.125. The van der Waals surface area contributed by atoms with Crippen LogP contribution in [-0.2, 0) is 4.79 Å². The fourth-order valence-electron chi connectivity index (χ4n) is 2.89. The SMILES string of the molecule is C[C@H]1C[C@H](NC(=O)[C@H]2CCCCN2)CC[C@@H]1O. The van der Waals surface area contributed by atoms with Crippen LogP contribution < -0.4 is 10.6 Å². The fourth-order valence-corrected chi connectivity index (χ4v) is 2.89. The van der Waals surface area contributed by atoms with Gasteiger partial charge >= 0.3 is 0 Å². The summed E-state index contributed by atoms with van der Waals surface area (Å²) in [4.78, 5) is 12.0. The number of rotatable bonds is 2. The highest BCUT2D eigenvalue weighted by atomic mass is 16.3. The van der Waals surface area contributed by atoms with Crippen LogP contribution in [-0.4, -0.2) is 35.7 Å². The predicted molar refractivity (Wildman–Crippen MR) is 66.6 cm³/mol. The number of carbonyl (C=O) groups is 1. The van der Waals surface area contributed by atoms with Gasteiger partial charge in [-0.2, -0.15) is 0 Å². The zero-order valence-electron chi connectivity index (χ0n) is 10.6. The molecule has 1 aliphatic carbocycles. The summed E-state index contributed by atoms with van der Waals surface area (Å²) in [6.07, 6.45) is 5.71. The fraction of sp³-hybridized carbons (Fsp3) is 0.923. The van der Waals surface area contributed by atoms with Gasteiger partial charge in [-0.05, 0) is 44.6 Å². The van der Waals surface area contributed by atoms with Crippen LogP contribution in [0.2, 0.25) is 0 Å². The number of hydrogen-bond acceptors (Lipinski definition) is 3. The molecule has 0 aromatic carbocycles. The van der Waals surface area contributed by atoms with E-state index in [4.69, 9.17) is 0 Å². The van der Waals surface area contributed by atoms with Crippen LogP contribution in [0.5, 0.6) is 0 Å². The molecule has 3 N–H and O–H groups in total. The van der Waals surface area contributed by atoms with Crippen LogP contribution in [0.1, 0.15) is 45.4 Å². The first-order valence-electron chi connectivity index (χ1n) is 6.88. The average molecular weight is 240 g/mol. The molecule has 0 aromatic heterocycles. The lowest BCUT2D eigenvalue weighted by Crippen LogP contribution is -2.51. The lowest BCUT2D eigenvalue weighted by Gasteiger charge is -2.33. The molecule has 0 radical (unpaired) electrons. The number of hydrogen-bond donors (Lipinski definition) is 3. The van der Waals surface area contributed by atoms with E-state index in [0.29, 0.717) is 5.92 Å². The van der Waals surface area contributed by atoms with Crippen LogP contribution in [0, 0.1) is 5.92 Å². The summed E-state index contributed by atoms with van der Waals surface area (Å²) in [5.74, 6) is 0.451. The Morgan fingerprint density at radius 3 is 2.76 bits per heavy atom. The predicted octanol–water partition coefficient (Wildman–Crippen LogP) is 0.794. The van der Waals surface area contributed by atoms with Gasteiger partial charge in [0, 0.05) is 6.04 Å². The Bertz CT molecular complexity index is 264. The molecular weight excluding hydrogens is 216 g/mol. The van der Waals surface area contributed by atoms with Crippen molar-refractivity contribution >= 4 is 5.91 Å². The lowest BCUT2D eigenvalue weighted by atomic mass is 9.84. The van der Waals surface area contributed by atoms with Crippen LogP contribution in [0.4, 0.5) is 0 Å². The second-order valence-electron chi connectivity index (χ2n) is 5.57. The Hall–Kier alpha value is -0.610. The van der Waals surface area contributed by atoms with E-state index in [-0.39, 0.29) is 24.1 Å². The summed E-state index contributed by atoms with van der Waals surface area (Å²) in [5, 5.41) is 16.0. The summed E-state index contributed by atoms with van der Waals surface area (Å²) >= 11 is 0. The normalized spacial score (nSPS) is 38.7.